The first kappa shape index (κ1) is 15.5. The maximum Gasteiger partial charge on any atom is 0.308 e. The van der Waals surface area contributed by atoms with E-state index in [-0.39, 0.29) is 12.4 Å². The van der Waals surface area contributed by atoms with Gasteiger partial charge in [0.2, 0.25) is 0 Å². The molecule has 1 unspecified atom stereocenters. The number of aliphatic hydroxyl groups excluding tert-OH is 1. The highest BCUT2D eigenvalue weighted by Crippen LogP contribution is 2.15. The maximum atomic E-state index is 11.1. The Morgan fingerprint density at radius 1 is 1.37 bits per heavy atom. The number of nitrogens with zero attached hydrogens (tertiary/aromatic N) is 1. The van der Waals surface area contributed by atoms with Crippen LogP contribution in [0.15, 0.2) is 24.3 Å². The second-order valence-corrected chi connectivity index (χ2v) is 4.73. The molecule has 1 atom stereocenters. The van der Waals surface area contributed by atoms with Crippen molar-refractivity contribution in [3.8, 4) is 0 Å². The molecule has 0 spiro atoms. The molecule has 1 aromatic carbocycles. The first-order chi connectivity index (χ1) is 9.06. The molecule has 4 heteroatoms. The summed E-state index contributed by atoms with van der Waals surface area (Å²) >= 11 is 0. The van der Waals surface area contributed by atoms with Gasteiger partial charge in [-0.05, 0) is 24.1 Å². The van der Waals surface area contributed by atoms with Crippen LogP contribution in [-0.4, -0.2) is 37.9 Å². The molecule has 0 saturated carbocycles. The van der Waals surface area contributed by atoms with Gasteiger partial charge in [-0.25, -0.2) is 0 Å². The summed E-state index contributed by atoms with van der Waals surface area (Å²) in [6.45, 7) is 2.56. The molecule has 1 aromatic rings. The highest BCUT2D eigenvalue weighted by Gasteiger charge is 2.13. The molecule has 0 fully saturated rings. The van der Waals surface area contributed by atoms with Gasteiger partial charge in [-0.1, -0.05) is 25.5 Å². The summed E-state index contributed by atoms with van der Waals surface area (Å²) in [4.78, 5) is 13.0. The van der Waals surface area contributed by atoms with Crippen LogP contribution in [0.4, 0.5) is 5.69 Å². The SMILES string of the molecule is CCCc1ccc(N(C)CC(O)CC(=O)OC)cc1. The van der Waals surface area contributed by atoms with Gasteiger partial charge in [-0.2, -0.15) is 0 Å². The molecule has 0 aliphatic heterocycles. The number of methoxy groups -OCH3 is 1. The van der Waals surface area contributed by atoms with Crippen molar-refractivity contribution in [3.63, 3.8) is 0 Å². The highest BCUT2D eigenvalue weighted by atomic mass is 16.5. The predicted octanol–water partition coefficient (Wildman–Crippen LogP) is 2.00. The number of carbonyl (C=O) groups is 1. The second-order valence-electron chi connectivity index (χ2n) is 4.73. The molecule has 0 amide bonds. The largest absolute Gasteiger partial charge is 0.469 e. The fourth-order valence-corrected chi connectivity index (χ4v) is 1.97. The number of anilines is 1. The number of esters is 1. The Balaban J connectivity index is 2.52. The van der Waals surface area contributed by atoms with E-state index >= 15 is 0 Å². The minimum absolute atomic E-state index is 0.0226. The van der Waals surface area contributed by atoms with E-state index in [1.54, 1.807) is 0 Å². The number of aryl methyl sites for hydroxylation is 1. The summed E-state index contributed by atoms with van der Waals surface area (Å²) in [6, 6.07) is 8.27. The van der Waals surface area contributed by atoms with Crippen LogP contribution >= 0.6 is 0 Å². The summed E-state index contributed by atoms with van der Waals surface area (Å²) in [5.41, 5.74) is 2.35. The van der Waals surface area contributed by atoms with Gasteiger partial charge in [0, 0.05) is 19.3 Å². The molecule has 0 aliphatic carbocycles. The summed E-state index contributed by atoms with van der Waals surface area (Å²) in [5, 5.41) is 9.78. The van der Waals surface area contributed by atoms with Crippen LogP contribution in [-0.2, 0) is 16.0 Å². The lowest BCUT2D eigenvalue weighted by Gasteiger charge is -2.22. The quantitative estimate of drug-likeness (QED) is 0.766. The van der Waals surface area contributed by atoms with Gasteiger partial charge in [-0.3, -0.25) is 4.79 Å². The van der Waals surface area contributed by atoms with Gasteiger partial charge in [0.25, 0.3) is 0 Å². The summed E-state index contributed by atoms with van der Waals surface area (Å²) in [5.74, 6) is -0.390. The molecule has 4 nitrogen and oxygen atoms in total. The minimum atomic E-state index is -0.715. The Labute approximate surface area is 115 Å². The first-order valence-electron chi connectivity index (χ1n) is 6.61. The van der Waals surface area contributed by atoms with E-state index in [1.165, 1.54) is 12.7 Å². The van der Waals surface area contributed by atoms with Crippen molar-refractivity contribution in [1.29, 1.82) is 0 Å². The van der Waals surface area contributed by atoms with Gasteiger partial charge in [0.1, 0.15) is 0 Å². The predicted molar refractivity (Wildman–Crippen MR) is 76.3 cm³/mol. The Morgan fingerprint density at radius 3 is 2.53 bits per heavy atom. The standard InChI is InChI=1S/C15H23NO3/c1-4-5-12-6-8-13(9-7-12)16(2)11-14(17)10-15(18)19-3/h6-9,14,17H,4-5,10-11H2,1-3H3. The highest BCUT2D eigenvalue weighted by molar-refractivity contribution is 5.69. The number of ether oxygens (including phenoxy) is 1. The lowest BCUT2D eigenvalue weighted by atomic mass is 10.1. The molecule has 0 bridgehead atoms. The molecule has 0 aromatic heterocycles. The van der Waals surface area contributed by atoms with Gasteiger partial charge >= 0.3 is 5.97 Å². The van der Waals surface area contributed by atoms with Crippen LogP contribution < -0.4 is 4.90 Å². The van der Waals surface area contributed by atoms with Crippen molar-refractivity contribution < 1.29 is 14.6 Å². The molecular formula is C15H23NO3. The molecule has 0 saturated heterocycles. The summed E-state index contributed by atoms with van der Waals surface area (Å²) in [6.07, 6.45) is 1.52. The first-order valence-corrected chi connectivity index (χ1v) is 6.61. The second kappa shape index (κ2) is 7.79. The molecule has 0 heterocycles. The lowest BCUT2D eigenvalue weighted by molar-refractivity contribution is -0.142. The third-order valence-corrected chi connectivity index (χ3v) is 3.03. The maximum absolute atomic E-state index is 11.1. The minimum Gasteiger partial charge on any atom is -0.469 e. The smallest absolute Gasteiger partial charge is 0.308 e. The lowest BCUT2D eigenvalue weighted by Crippen LogP contribution is -2.30. The van der Waals surface area contributed by atoms with Crippen LogP contribution in [0, 0.1) is 0 Å². The van der Waals surface area contributed by atoms with Crippen LogP contribution in [0.25, 0.3) is 0 Å². The van der Waals surface area contributed by atoms with E-state index in [2.05, 4.69) is 23.8 Å². The molecule has 106 valence electrons. The molecule has 0 radical (unpaired) electrons. The molecule has 19 heavy (non-hydrogen) atoms. The zero-order valence-corrected chi connectivity index (χ0v) is 11.9. The third kappa shape index (κ3) is 5.30. The molecule has 1 N–H and O–H groups in total. The Bertz CT molecular complexity index is 389. The van der Waals surface area contributed by atoms with Crippen LogP contribution in [0.2, 0.25) is 0 Å². The van der Waals surface area contributed by atoms with Crippen LogP contribution in [0.1, 0.15) is 25.3 Å². The van der Waals surface area contributed by atoms with Crippen molar-refractivity contribution in [2.45, 2.75) is 32.3 Å². The monoisotopic (exact) mass is 265 g/mol. The zero-order valence-electron chi connectivity index (χ0n) is 11.9. The number of hydrogen-bond acceptors (Lipinski definition) is 4. The summed E-state index contributed by atoms with van der Waals surface area (Å²) < 4.78 is 4.53. The van der Waals surface area contributed by atoms with Crippen molar-refractivity contribution in [1.82, 2.24) is 0 Å². The number of rotatable bonds is 7. The average molecular weight is 265 g/mol. The van der Waals surface area contributed by atoms with Gasteiger partial charge in [0.05, 0.1) is 19.6 Å². The normalized spacial score (nSPS) is 12.0. The van der Waals surface area contributed by atoms with Crippen molar-refractivity contribution >= 4 is 11.7 Å². The Kier molecular flexibility index (Phi) is 6.36. The average Bonchev–Trinajstić information content (AvgIpc) is 2.39. The van der Waals surface area contributed by atoms with E-state index in [4.69, 9.17) is 0 Å². The number of hydrogen-bond donors (Lipinski definition) is 1. The summed E-state index contributed by atoms with van der Waals surface area (Å²) in [7, 11) is 3.22. The van der Waals surface area contributed by atoms with Crippen molar-refractivity contribution in [2.24, 2.45) is 0 Å². The van der Waals surface area contributed by atoms with E-state index in [1.807, 2.05) is 24.1 Å². The number of likely N-dealkylation sites (N-methyl/N-ethyl adjacent to an activating group) is 1. The Morgan fingerprint density at radius 2 is 2.00 bits per heavy atom. The van der Waals surface area contributed by atoms with Gasteiger partial charge in [-0.15, -0.1) is 0 Å². The molecule has 0 aliphatic rings. The van der Waals surface area contributed by atoms with E-state index in [0.717, 1.165) is 18.5 Å². The zero-order chi connectivity index (χ0) is 14.3. The fourth-order valence-electron chi connectivity index (χ4n) is 1.97. The van der Waals surface area contributed by atoms with Crippen LogP contribution in [0.5, 0.6) is 0 Å². The molecule has 1 rings (SSSR count). The fraction of sp³-hybridized carbons (Fsp3) is 0.533. The van der Waals surface area contributed by atoms with E-state index in [0.29, 0.717) is 6.54 Å². The number of aliphatic hydroxyl groups is 1. The topological polar surface area (TPSA) is 49.8 Å². The van der Waals surface area contributed by atoms with Gasteiger partial charge in [0.15, 0.2) is 0 Å². The van der Waals surface area contributed by atoms with Crippen LogP contribution in [0.3, 0.4) is 0 Å². The van der Waals surface area contributed by atoms with Crippen molar-refractivity contribution in [3.05, 3.63) is 29.8 Å². The number of benzene rings is 1. The molecular weight excluding hydrogens is 242 g/mol. The van der Waals surface area contributed by atoms with Crippen molar-refractivity contribution in [2.75, 3.05) is 25.6 Å². The third-order valence-electron chi connectivity index (χ3n) is 3.03. The van der Waals surface area contributed by atoms with Gasteiger partial charge < -0.3 is 14.7 Å². The Hall–Kier alpha value is -1.55. The van der Waals surface area contributed by atoms with E-state index in [9.17, 15) is 9.90 Å². The van der Waals surface area contributed by atoms with E-state index < -0.39 is 6.10 Å². The number of carbonyl (C=O) groups excluding carboxylic acids is 1.